The highest BCUT2D eigenvalue weighted by Gasteiger charge is 2.09. The van der Waals surface area contributed by atoms with Crippen molar-refractivity contribution in [2.75, 3.05) is 0 Å². The number of benzene rings is 1. The van der Waals surface area contributed by atoms with Gasteiger partial charge in [-0.3, -0.25) is 10.1 Å². The van der Waals surface area contributed by atoms with Crippen molar-refractivity contribution in [2.45, 2.75) is 0 Å². The van der Waals surface area contributed by atoms with Crippen molar-refractivity contribution in [2.24, 2.45) is 0 Å². The van der Waals surface area contributed by atoms with Gasteiger partial charge in [-0.05, 0) is 17.6 Å². The van der Waals surface area contributed by atoms with Crippen molar-refractivity contribution in [1.29, 1.82) is 0 Å². The molecule has 0 saturated carbocycles. The first-order chi connectivity index (χ1) is 7.16. The van der Waals surface area contributed by atoms with Crippen molar-refractivity contribution >= 4 is 28.8 Å². The van der Waals surface area contributed by atoms with Crippen LogP contribution in [-0.4, -0.2) is 9.30 Å². The molecule has 76 valence electrons. The minimum atomic E-state index is -0.433. The summed E-state index contributed by atoms with van der Waals surface area (Å²) in [7, 11) is 0. The topological polar surface area (TPSA) is 56.0 Å². The summed E-state index contributed by atoms with van der Waals surface area (Å²) in [5, 5.41) is 10.6. The highest BCUT2D eigenvalue weighted by molar-refractivity contribution is 7.10. The Morgan fingerprint density at radius 3 is 2.80 bits per heavy atom. The molecule has 2 aromatic rings. The summed E-state index contributed by atoms with van der Waals surface area (Å²) in [4.78, 5) is 10.1. The van der Waals surface area contributed by atoms with E-state index < -0.39 is 4.92 Å². The van der Waals surface area contributed by atoms with Crippen LogP contribution in [0.5, 0.6) is 0 Å². The predicted octanol–water partition coefficient (Wildman–Crippen LogP) is 3.37. The monoisotopic (exact) mass is 240 g/mol. The molecule has 0 fully saturated rings. The van der Waals surface area contributed by atoms with E-state index in [2.05, 4.69) is 4.37 Å². The van der Waals surface area contributed by atoms with Crippen LogP contribution in [0.2, 0.25) is 4.34 Å². The molecule has 0 atom stereocenters. The summed E-state index contributed by atoms with van der Waals surface area (Å²) in [6, 6.07) is 7.99. The Kier molecular flexibility index (Phi) is 2.66. The Labute approximate surface area is 94.4 Å². The van der Waals surface area contributed by atoms with Crippen LogP contribution in [-0.2, 0) is 0 Å². The number of nitro benzene ring substituents is 1. The van der Waals surface area contributed by atoms with Crippen LogP contribution >= 0.6 is 23.1 Å². The van der Waals surface area contributed by atoms with Gasteiger partial charge in [0.05, 0.1) is 10.6 Å². The molecule has 0 spiro atoms. The molecular formula is C9H5ClN2O2S. The van der Waals surface area contributed by atoms with Crippen LogP contribution in [0.15, 0.2) is 30.3 Å². The largest absolute Gasteiger partial charge is 0.270 e. The highest BCUT2D eigenvalue weighted by Crippen LogP contribution is 2.27. The van der Waals surface area contributed by atoms with Crippen LogP contribution in [0.3, 0.4) is 0 Å². The number of aromatic nitrogens is 1. The Morgan fingerprint density at radius 1 is 1.40 bits per heavy atom. The standard InChI is InChI=1S/C9H5ClN2O2S/c10-9-5-8(11-15-9)6-2-1-3-7(4-6)12(13)14/h1-5H. The quantitative estimate of drug-likeness (QED) is 0.597. The van der Waals surface area contributed by atoms with Gasteiger partial charge in [-0.15, -0.1) is 0 Å². The molecule has 2 rings (SSSR count). The number of halogens is 1. The summed E-state index contributed by atoms with van der Waals surface area (Å²) in [6.45, 7) is 0. The third kappa shape index (κ3) is 2.14. The molecule has 0 N–H and O–H groups in total. The third-order valence-corrected chi connectivity index (χ3v) is 2.73. The van der Waals surface area contributed by atoms with Gasteiger partial charge in [0, 0.05) is 17.7 Å². The van der Waals surface area contributed by atoms with Gasteiger partial charge >= 0.3 is 0 Å². The lowest BCUT2D eigenvalue weighted by atomic mass is 10.1. The van der Waals surface area contributed by atoms with E-state index in [1.807, 2.05) is 0 Å². The van der Waals surface area contributed by atoms with Crippen LogP contribution in [0.1, 0.15) is 0 Å². The van der Waals surface area contributed by atoms with Crippen molar-refractivity contribution in [3.63, 3.8) is 0 Å². The molecule has 1 aromatic heterocycles. The summed E-state index contributed by atoms with van der Waals surface area (Å²) < 4.78 is 4.64. The van der Waals surface area contributed by atoms with Gasteiger partial charge in [0.25, 0.3) is 5.69 Å². The van der Waals surface area contributed by atoms with Crippen molar-refractivity contribution in [3.05, 3.63) is 44.8 Å². The SMILES string of the molecule is O=[N+]([O-])c1cccc(-c2cc(Cl)sn2)c1. The summed E-state index contributed by atoms with van der Waals surface area (Å²) in [5.41, 5.74) is 1.41. The molecule has 0 saturated heterocycles. The molecule has 0 aliphatic rings. The van der Waals surface area contributed by atoms with E-state index in [1.54, 1.807) is 18.2 Å². The first-order valence-corrected chi connectivity index (χ1v) is 5.19. The van der Waals surface area contributed by atoms with Crippen LogP contribution in [0, 0.1) is 10.1 Å². The zero-order valence-corrected chi connectivity index (χ0v) is 8.96. The Bertz CT molecular complexity index is 512. The normalized spacial score (nSPS) is 10.2. The van der Waals surface area contributed by atoms with Crippen molar-refractivity contribution < 1.29 is 4.92 Å². The maximum Gasteiger partial charge on any atom is 0.270 e. The Morgan fingerprint density at radius 2 is 2.20 bits per heavy atom. The van der Waals surface area contributed by atoms with E-state index >= 15 is 0 Å². The summed E-state index contributed by atoms with van der Waals surface area (Å²) in [5.74, 6) is 0. The zero-order chi connectivity index (χ0) is 10.8. The Balaban J connectivity index is 2.45. The maximum atomic E-state index is 10.6. The second-order valence-electron chi connectivity index (χ2n) is 2.82. The van der Waals surface area contributed by atoms with Crippen LogP contribution < -0.4 is 0 Å². The van der Waals surface area contributed by atoms with Gasteiger partial charge in [0.1, 0.15) is 4.34 Å². The van der Waals surface area contributed by atoms with Gasteiger partial charge in [0.2, 0.25) is 0 Å². The molecule has 0 aliphatic carbocycles. The van der Waals surface area contributed by atoms with Gasteiger partial charge in [-0.2, -0.15) is 4.37 Å². The zero-order valence-electron chi connectivity index (χ0n) is 7.38. The first kappa shape index (κ1) is 10.1. The van der Waals surface area contributed by atoms with Crippen LogP contribution in [0.25, 0.3) is 11.3 Å². The molecule has 0 aliphatic heterocycles. The first-order valence-electron chi connectivity index (χ1n) is 4.04. The molecule has 6 heteroatoms. The predicted molar refractivity (Wildman–Crippen MR) is 59.2 cm³/mol. The van der Waals surface area contributed by atoms with Gasteiger partial charge in [-0.1, -0.05) is 23.7 Å². The molecule has 0 amide bonds. The van der Waals surface area contributed by atoms with E-state index in [-0.39, 0.29) is 5.69 Å². The fraction of sp³-hybridized carbons (Fsp3) is 0. The van der Waals surface area contributed by atoms with Gasteiger partial charge in [0.15, 0.2) is 0 Å². The molecule has 0 radical (unpaired) electrons. The number of nitrogens with zero attached hydrogens (tertiary/aromatic N) is 2. The molecule has 4 nitrogen and oxygen atoms in total. The van der Waals surface area contributed by atoms with E-state index in [0.29, 0.717) is 15.6 Å². The summed E-state index contributed by atoms with van der Waals surface area (Å²) >= 11 is 6.89. The van der Waals surface area contributed by atoms with E-state index in [0.717, 1.165) is 11.5 Å². The van der Waals surface area contributed by atoms with Gasteiger partial charge < -0.3 is 0 Å². The molecule has 15 heavy (non-hydrogen) atoms. The maximum absolute atomic E-state index is 10.6. The number of hydrogen-bond donors (Lipinski definition) is 0. The van der Waals surface area contributed by atoms with Crippen molar-refractivity contribution in [1.82, 2.24) is 4.37 Å². The number of hydrogen-bond acceptors (Lipinski definition) is 4. The number of nitro groups is 1. The van der Waals surface area contributed by atoms with Gasteiger partial charge in [-0.25, -0.2) is 0 Å². The van der Waals surface area contributed by atoms with E-state index in [1.165, 1.54) is 12.1 Å². The molecule has 1 aromatic carbocycles. The number of non-ortho nitro benzene ring substituents is 1. The minimum Gasteiger partial charge on any atom is -0.258 e. The van der Waals surface area contributed by atoms with E-state index in [4.69, 9.17) is 11.6 Å². The smallest absolute Gasteiger partial charge is 0.258 e. The molecule has 1 heterocycles. The summed E-state index contributed by atoms with van der Waals surface area (Å²) in [6.07, 6.45) is 0. The third-order valence-electron chi connectivity index (χ3n) is 1.83. The van der Waals surface area contributed by atoms with E-state index in [9.17, 15) is 10.1 Å². The second kappa shape index (κ2) is 3.96. The number of rotatable bonds is 2. The lowest BCUT2D eigenvalue weighted by Crippen LogP contribution is -1.87. The van der Waals surface area contributed by atoms with Crippen molar-refractivity contribution in [3.8, 4) is 11.3 Å². The minimum absolute atomic E-state index is 0.0524. The average Bonchev–Trinajstić information content (AvgIpc) is 2.65. The lowest BCUT2D eigenvalue weighted by molar-refractivity contribution is -0.384. The average molecular weight is 241 g/mol. The fourth-order valence-corrected chi connectivity index (χ4v) is 1.88. The molecular weight excluding hydrogens is 236 g/mol. The molecule has 0 bridgehead atoms. The Hall–Kier alpha value is -1.46. The fourth-order valence-electron chi connectivity index (χ4n) is 1.17. The van der Waals surface area contributed by atoms with Crippen LogP contribution in [0.4, 0.5) is 5.69 Å². The highest BCUT2D eigenvalue weighted by atomic mass is 35.5. The second-order valence-corrected chi connectivity index (χ2v) is 4.26. The lowest BCUT2D eigenvalue weighted by Gasteiger charge is -1.95. The molecule has 0 unspecified atom stereocenters.